The number of rotatable bonds is 4. The van der Waals surface area contributed by atoms with Crippen LogP contribution in [0.15, 0.2) is 30.6 Å². The first-order valence-electron chi connectivity index (χ1n) is 5.81. The summed E-state index contributed by atoms with van der Waals surface area (Å²) in [6.45, 7) is 1.97. The summed E-state index contributed by atoms with van der Waals surface area (Å²) in [6.07, 6.45) is 1.22. The van der Waals surface area contributed by atoms with Crippen LogP contribution in [-0.4, -0.2) is 21.9 Å². The maximum absolute atomic E-state index is 11.2. The van der Waals surface area contributed by atoms with Gasteiger partial charge in [-0.15, -0.1) is 0 Å². The molecule has 0 amide bonds. The summed E-state index contributed by atoms with van der Waals surface area (Å²) in [5.41, 5.74) is 3.83. The molecule has 0 atom stereocenters. The molecule has 0 aliphatic heterocycles. The van der Waals surface area contributed by atoms with Crippen molar-refractivity contribution in [1.29, 1.82) is 0 Å². The molecule has 0 saturated heterocycles. The van der Waals surface area contributed by atoms with Crippen LogP contribution in [0, 0.1) is 17.0 Å². The normalized spacial score (nSPS) is 10.2. The lowest BCUT2D eigenvalue weighted by atomic mass is 10.2. The molecule has 8 nitrogen and oxygen atoms in total. The van der Waals surface area contributed by atoms with Crippen molar-refractivity contribution < 1.29 is 4.92 Å². The van der Waals surface area contributed by atoms with Gasteiger partial charge in [-0.25, -0.2) is 15.8 Å². The van der Waals surface area contributed by atoms with E-state index in [0.29, 0.717) is 0 Å². The van der Waals surface area contributed by atoms with Crippen LogP contribution in [0.3, 0.4) is 0 Å². The van der Waals surface area contributed by atoms with Crippen molar-refractivity contribution in [3.63, 3.8) is 0 Å². The fraction of sp³-hybridized carbons (Fsp3) is 0.167. The Morgan fingerprint density at radius 1 is 1.30 bits per heavy atom. The molecule has 1 heterocycles. The number of nitrogens with two attached hydrogens (primary N) is 1. The minimum absolute atomic E-state index is 0.0287. The molecule has 20 heavy (non-hydrogen) atoms. The van der Waals surface area contributed by atoms with E-state index >= 15 is 0 Å². The first kappa shape index (κ1) is 13.7. The molecule has 0 bridgehead atoms. The maximum Gasteiger partial charge on any atom is 0.355 e. The van der Waals surface area contributed by atoms with E-state index in [4.69, 9.17) is 5.84 Å². The number of aryl methyl sites for hydroxylation is 1. The number of hydrogen-bond acceptors (Lipinski definition) is 7. The quantitative estimate of drug-likeness (QED) is 0.496. The third-order valence-electron chi connectivity index (χ3n) is 2.86. The number of nitrogens with zero attached hydrogens (tertiary/aromatic N) is 4. The Hall–Kier alpha value is -2.74. The fourth-order valence-corrected chi connectivity index (χ4v) is 1.78. The predicted molar refractivity (Wildman–Crippen MR) is 75.7 cm³/mol. The third-order valence-corrected chi connectivity index (χ3v) is 2.86. The van der Waals surface area contributed by atoms with E-state index in [-0.39, 0.29) is 17.3 Å². The zero-order valence-electron chi connectivity index (χ0n) is 11.1. The van der Waals surface area contributed by atoms with E-state index in [1.165, 1.54) is 6.33 Å². The Bertz CT molecular complexity index is 628. The van der Waals surface area contributed by atoms with Crippen molar-refractivity contribution in [3.05, 3.63) is 46.3 Å². The van der Waals surface area contributed by atoms with Crippen LogP contribution in [0.2, 0.25) is 0 Å². The molecule has 2 rings (SSSR count). The monoisotopic (exact) mass is 274 g/mol. The molecule has 0 unspecified atom stereocenters. The summed E-state index contributed by atoms with van der Waals surface area (Å²) < 4.78 is 0. The van der Waals surface area contributed by atoms with Gasteiger partial charge >= 0.3 is 5.69 Å². The van der Waals surface area contributed by atoms with E-state index in [0.717, 1.165) is 11.3 Å². The molecule has 0 fully saturated rings. The second-order valence-corrected chi connectivity index (χ2v) is 4.19. The summed E-state index contributed by atoms with van der Waals surface area (Å²) in [4.78, 5) is 20.0. The lowest BCUT2D eigenvalue weighted by Gasteiger charge is -2.18. The Balaban J connectivity index is 2.51. The van der Waals surface area contributed by atoms with Gasteiger partial charge in [0.15, 0.2) is 0 Å². The maximum atomic E-state index is 11.2. The van der Waals surface area contributed by atoms with Crippen molar-refractivity contribution in [2.75, 3.05) is 17.4 Å². The molecule has 0 spiro atoms. The van der Waals surface area contributed by atoms with E-state index in [2.05, 4.69) is 15.4 Å². The number of benzene rings is 1. The van der Waals surface area contributed by atoms with Gasteiger partial charge in [-0.3, -0.25) is 10.1 Å². The molecular weight excluding hydrogens is 260 g/mol. The minimum atomic E-state index is -0.560. The van der Waals surface area contributed by atoms with Crippen molar-refractivity contribution in [1.82, 2.24) is 9.97 Å². The number of hydrazine groups is 1. The second-order valence-electron chi connectivity index (χ2n) is 4.19. The summed E-state index contributed by atoms with van der Waals surface area (Å²) in [5, 5.41) is 11.2. The van der Waals surface area contributed by atoms with E-state index in [9.17, 15) is 10.1 Å². The number of hydrogen-bond donors (Lipinski definition) is 2. The van der Waals surface area contributed by atoms with E-state index in [1.807, 2.05) is 31.2 Å². The van der Waals surface area contributed by atoms with Crippen LogP contribution >= 0.6 is 0 Å². The molecular formula is C12H14N6O2. The largest absolute Gasteiger partial charge is 0.355 e. The highest BCUT2D eigenvalue weighted by atomic mass is 16.6. The fourth-order valence-electron chi connectivity index (χ4n) is 1.78. The number of nitro groups is 1. The van der Waals surface area contributed by atoms with Gasteiger partial charge in [-0.05, 0) is 19.1 Å². The highest BCUT2D eigenvalue weighted by Crippen LogP contribution is 2.34. The molecule has 2 aromatic rings. The summed E-state index contributed by atoms with van der Waals surface area (Å²) in [7, 11) is 1.69. The zero-order valence-corrected chi connectivity index (χ0v) is 11.1. The predicted octanol–water partition coefficient (Wildman–Crippen LogP) is 1.75. The zero-order chi connectivity index (χ0) is 14.7. The van der Waals surface area contributed by atoms with Gasteiger partial charge in [0.05, 0.1) is 4.92 Å². The minimum Gasteiger partial charge on any atom is -0.324 e. The van der Waals surface area contributed by atoms with Crippen LogP contribution in [0.4, 0.5) is 23.0 Å². The Morgan fingerprint density at radius 2 is 1.95 bits per heavy atom. The number of anilines is 3. The van der Waals surface area contributed by atoms with Crippen LogP contribution < -0.4 is 16.2 Å². The molecule has 3 N–H and O–H groups in total. The van der Waals surface area contributed by atoms with Gasteiger partial charge in [0, 0.05) is 12.7 Å². The molecule has 0 saturated carbocycles. The Kier molecular flexibility index (Phi) is 3.76. The van der Waals surface area contributed by atoms with Crippen LogP contribution in [0.25, 0.3) is 0 Å². The Labute approximate surface area is 115 Å². The summed E-state index contributed by atoms with van der Waals surface area (Å²) in [6, 6.07) is 7.55. The van der Waals surface area contributed by atoms with Gasteiger partial charge in [0.25, 0.3) is 0 Å². The molecule has 0 radical (unpaired) electrons. The summed E-state index contributed by atoms with van der Waals surface area (Å²) in [5.74, 6) is 5.39. The van der Waals surface area contributed by atoms with Gasteiger partial charge < -0.3 is 10.3 Å². The molecule has 1 aromatic carbocycles. The number of aromatic nitrogens is 2. The molecule has 0 aliphatic carbocycles. The van der Waals surface area contributed by atoms with Gasteiger partial charge in [0.1, 0.15) is 6.33 Å². The van der Waals surface area contributed by atoms with Gasteiger partial charge in [-0.1, -0.05) is 17.7 Å². The lowest BCUT2D eigenvalue weighted by Crippen LogP contribution is -2.17. The highest BCUT2D eigenvalue weighted by Gasteiger charge is 2.25. The first-order valence-corrected chi connectivity index (χ1v) is 5.81. The third kappa shape index (κ3) is 2.50. The van der Waals surface area contributed by atoms with Crippen molar-refractivity contribution in [2.45, 2.75) is 6.92 Å². The lowest BCUT2D eigenvalue weighted by molar-refractivity contribution is -0.383. The number of nitrogen functional groups attached to an aromatic ring is 1. The van der Waals surface area contributed by atoms with E-state index < -0.39 is 4.92 Å². The molecule has 8 heteroatoms. The van der Waals surface area contributed by atoms with Crippen LogP contribution in [0.1, 0.15) is 5.56 Å². The molecule has 0 aliphatic rings. The number of nitrogens with one attached hydrogen (secondary N) is 1. The van der Waals surface area contributed by atoms with Crippen LogP contribution in [-0.2, 0) is 0 Å². The van der Waals surface area contributed by atoms with Gasteiger partial charge in [-0.2, -0.15) is 0 Å². The second kappa shape index (κ2) is 5.49. The molecule has 1 aromatic heterocycles. The first-order chi connectivity index (χ1) is 9.54. The highest BCUT2D eigenvalue weighted by molar-refractivity contribution is 5.74. The Morgan fingerprint density at radius 3 is 2.50 bits per heavy atom. The average molecular weight is 274 g/mol. The topological polar surface area (TPSA) is 110 Å². The molecule has 104 valence electrons. The SMILES string of the molecule is Cc1ccc(N(C)c2ncnc(NN)c2[N+](=O)[O-])cc1. The standard InChI is InChI=1S/C12H14N6O2/c1-8-3-5-9(6-4-8)17(2)12-10(18(19)20)11(16-13)14-7-15-12/h3-7H,13H2,1-2H3,(H,14,15,16). The van der Waals surface area contributed by atoms with Crippen LogP contribution in [0.5, 0.6) is 0 Å². The van der Waals surface area contributed by atoms with Gasteiger partial charge in [0.2, 0.25) is 11.6 Å². The summed E-state index contributed by atoms with van der Waals surface area (Å²) >= 11 is 0. The van der Waals surface area contributed by atoms with Crippen molar-refractivity contribution in [2.24, 2.45) is 5.84 Å². The smallest absolute Gasteiger partial charge is 0.324 e. The van der Waals surface area contributed by atoms with Crippen molar-refractivity contribution in [3.8, 4) is 0 Å². The van der Waals surface area contributed by atoms with E-state index in [1.54, 1.807) is 11.9 Å². The average Bonchev–Trinajstić information content (AvgIpc) is 2.46. The van der Waals surface area contributed by atoms with Crippen molar-refractivity contribution >= 4 is 23.0 Å².